The van der Waals surface area contributed by atoms with E-state index in [-0.39, 0.29) is 35.5 Å². The molecule has 1 atom stereocenters. The first-order valence-electron chi connectivity index (χ1n) is 6.27. The summed E-state index contributed by atoms with van der Waals surface area (Å²) in [6.45, 7) is 3.90. The zero-order chi connectivity index (χ0) is 13.8. The zero-order valence-corrected chi connectivity index (χ0v) is 14.0. The van der Waals surface area contributed by atoms with Gasteiger partial charge in [0.05, 0.1) is 5.97 Å². The summed E-state index contributed by atoms with van der Waals surface area (Å²) < 4.78 is 5.51. The third-order valence-electron chi connectivity index (χ3n) is 2.84. The van der Waals surface area contributed by atoms with Gasteiger partial charge < -0.3 is 14.6 Å². The van der Waals surface area contributed by atoms with Gasteiger partial charge in [0.2, 0.25) is 0 Å². The van der Waals surface area contributed by atoms with Crippen LogP contribution in [0.1, 0.15) is 20.3 Å². The second kappa shape index (κ2) is 7.62. The number of carbonyl (C=O) groups excluding carboxylic acids is 1. The molecule has 0 aliphatic carbocycles. The molecule has 4 nitrogen and oxygen atoms in total. The van der Waals surface area contributed by atoms with Gasteiger partial charge in [0.25, 0.3) is 0 Å². The van der Waals surface area contributed by atoms with Crippen molar-refractivity contribution in [1.29, 1.82) is 0 Å². The summed E-state index contributed by atoms with van der Waals surface area (Å²) in [4.78, 5) is 15.1. The summed E-state index contributed by atoms with van der Waals surface area (Å²) in [6.07, 6.45) is 2.94. The van der Waals surface area contributed by atoms with Crippen molar-refractivity contribution in [2.24, 2.45) is 5.92 Å². The van der Waals surface area contributed by atoms with E-state index in [4.69, 9.17) is 4.74 Å². The number of pyridine rings is 1. The second-order valence-corrected chi connectivity index (χ2v) is 4.94. The van der Waals surface area contributed by atoms with Crippen LogP contribution in [-0.4, -0.2) is 17.1 Å². The van der Waals surface area contributed by atoms with E-state index in [1.54, 1.807) is 24.5 Å². The van der Waals surface area contributed by atoms with Crippen LogP contribution in [0.4, 0.5) is 0 Å². The third kappa shape index (κ3) is 4.47. The maximum Gasteiger partial charge on any atom is 1.00 e. The van der Waals surface area contributed by atoms with E-state index >= 15 is 0 Å². The van der Waals surface area contributed by atoms with E-state index in [0.717, 1.165) is 10.8 Å². The molecule has 0 unspecified atom stereocenters. The molecule has 0 saturated heterocycles. The largest absolute Gasteiger partial charge is 1.00 e. The van der Waals surface area contributed by atoms with Crippen molar-refractivity contribution in [3.05, 3.63) is 36.7 Å². The predicted molar refractivity (Wildman–Crippen MR) is 70.6 cm³/mol. The average molecular weight is 281 g/mol. The van der Waals surface area contributed by atoms with Gasteiger partial charge in [-0.05, 0) is 35.9 Å². The Hall–Kier alpha value is -1.10. The summed E-state index contributed by atoms with van der Waals surface area (Å²) >= 11 is 0. The van der Waals surface area contributed by atoms with Gasteiger partial charge in [0.15, 0.2) is 0 Å². The van der Waals surface area contributed by atoms with Crippen LogP contribution < -0.4 is 39.4 Å². The number of carboxylic acid groups (broad SMARTS) is 1. The molecule has 0 aliphatic rings. The molecular weight excluding hydrogens is 265 g/mol. The van der Waals surface area contributed by atoms with Crippen LogP contribution in [0.3, 0.4) is 0 Å². The topological polar surface area (TPSA) is 62.2 Å². The monoisotopic (exact) mass is 281 g/mol. The fraction of sp³-hybridized carbons (Fsp3) is 0.333. The van der Waals surface area contributed by atoms with E-state index < -0.39 is 12.1 Å². The quantitative estimate of drug-likeness (QED) is 0.645. The first kappa shape index (κ1) is 17.0. The number of hydrogen-bond acceptors (Lipinski definition) is 4. The number of fused-ring (bicyclic) bond motifs is 1. The number of ether oxygens (including phenoxy) is 1. The van der Waals surface area contributed by atoms with Crippen LogP contribution in [0, 0.1) is 5.92 Å². The number of benzene rings is 1. The maximum absolute atomic E-state index is 11.1. The van der Waals surface area contributed by atoms with Crippen molar-refractivity contribution in [1.82, 2.24) is 4.98 Å². The van der Waals surface area contributed by atoms with E-state index in [1.807, 2.05) is 26.0 Å². The van der Waals surface area contributed by atoms with Crippen molar-refractivity contribution in [3.8, 4) is 5.75 Å². The summed E-state index contributed by atoms with van der Waals surface area (Å²) in [6, 6.07) is 7.33. The minimum absolute atomic E-state index is 0. The molecule has 1 heterocycles. The number of aliphatic carboxylic acids is 1. The molecule has 0 saturated carbocycles. The van der Waals surface area contributed by atoms with Gasteiger partial charge in [-0.15, -0.1) is 0 Å². The van der Waals surface area contributed by atoms with Gasteiger partial charge in [-0.25, -0.2) is 0 Å². The van der Waals surface area contributed by atoms with Crippen LogP contribution >= 0.6 is 0 Å². The van der Waals surface area contributed by atoms with Gasteiger partial charge in [0.1, 0.15) is 11.9 Å². The molecule has 20 heavy (non-hydrogen) atoms. The Morgan fingerprint density at radius 2 is 2.05 bits per heavy atom. The fourth-order valence-electron chi connectivity index (χ4n) is 1.92. The Balaban J connectivity index is 0.00000200. The normalized spacial score (nSPS) is 11.9. The molecule has 2 aromatic rings. The number of rotatable bonds is 5. The van der Waals surface area contributed by atoms with Gasteiger partial charge >= 0.3 is 29.6 Å². The molecule has 5 heteroatoms. The Bertz CT molecular complexity index is 586. The average Bonchev–Trinajstić information content (AvgIpc) is 2.37. The van der Waals surface area contributed by atoms with Crippen LogP contribution in [0.2, 0.25) is 0 Å². The Labute approximate surface area is 140 Å². The second-order valence-electron chi connectivity index (χ2n) is 4.94. The molecule has 0 radical (unpaired) electrons. The minimum atomic E-state index is -1.18. The van der Waals surface area contributed by atoms with Crippen molar-refractivity contribution >= 4 is 16.7 Å². The smallest absolute Gasteiger partial charge is 0.546 e. The van der Waals surface area contributed by atoms with Gasteiger partial charge in [0, 0.05) is 17.8 Å². The van der Waals surface area contributed by atoms with Crippen molar-refractivity contribution in [3.63, 3.8) is 0 Å². The third-order valence-corrected chi connectivity index (χ3v) is 2.84. The van der Waals surface area contributed by atoms with Gasteiger partial charge in [-0.3, -0.25) is 4.98 Å². The summed E-state index contributed by atoms with van der Waals surface area (Å²) in [5, 5.41) is 13.0. The fourth-order valence-corrected chi connectivity index (χ4v) is 1.92. The van der Waals surface area contributed by atoms with Crippen molar-refractivity contribution in [2.75, 3.05) is 0 Å². The number of carboxylic acids is 1. The van der Waals surface area contributed by atoms with Crippen LogP contribution in [0.5, 0.6) is 5.75 Å². The summed E-state index contributed by atoms with van der Waals surface area (Å²) in [5.74, 6) is -0.430. The molecule has 0 aliphatic heterocycles. The molecule has 0 N–H and O–H groups in total. The zero-order valence-electron chi connectivity index (χ0n) is 12.0. The van der Waals surface area contributed by atoms with E-state index in [2.05, 4.69) is 4.98 Å². The van der Waals surface area contributed by atoms with Crippen molar-refractivity contribution in [2.45, 2.75) is 26.4 Å². The Kier molecular flexibility index (Phi) is 6.46. The van der Waals surface area contributed by atoms with Crippen molar-refractivity contribution < 1.29 is 44.2 Å². The Morgan fingerprint density at radius 3 is 2.70 bits per heavy atom. The van der Waals surface area contributed by atoms with E-state index in [1.165, 1.54) is 0 Å². The summed E-state index contributed by atoms with van der Waals surface area (Å²) in [7, 11) is 0. The Morgan fingerprint density at radius 1 is 1.30 bits per heavy atom. The molecule has 0 amide bonds. The van der Waals surface area contributed by atoms with Gasteiger partial charge in [-0.2, -0.15) is 0 Å². The van der Waals surface area contributed by atoms with E-state index in [0.29, 0.717) is 12.2 Å². The molecule has 2 rings (SSSR count). The molecule has 0 spiro atoms. The molecule has 0 fully saturated rings. The number of carbonyl (C=O) groups is 1. The summed E-state index contributed by atoms with van der Waals surface area (Å²) in [5.41, 5.74) is 0. The first-order valence-corrected chi connectivity index (χ1v) is 6.27. The van der Waals surface area contributed by atoms with Crippen LogP contribution in [-0.2, 0) is 4.79 Å². The molecule has 0 bridgehead atoms. The molecule has 1 aromatic carbocycles. The number of hydrogen-bond donors (Lipinski definition) is 0. The van der Waals surface area contributed by atoms with Crippen LogP contribution in [0.15, 0.2) is 36.7 Å². The first-order chi connectivity index (χ1) is 9.06. The standard InChI is InChI=1S/C15H17NO3.Na/c1-10(2)7-14(15(17)18)19-13-4-3-11-5-6-16-9-12(11)8-13;/h3-6,8-10,14H,7H2,1-2H3,(H,17,18);/q;+1/p-1/t14-;/m0./s1. The molecular formula is C15H16NNaO3. The maximum atomic E-state index is 11.1. The van der Waals surface area contributed by atoms with Gasteiger partial charge in [-0.1, -0.05) is 19.9 Å². The predicted octanol–water partition coefficient (Wildman–Crippen LogP) is -1.22. The molecule has 1 aromatic heterocycles. The SMILES string of the molecule is CC(C)C[C@H](Oc1ccc2ccncc2c1)C(=O)[O-].[Na+]. The minimum Gasteiger partial charge on any atom is -0.546 e. The van der Waals surface area contributed by atoms with Crippen LogP contribution in [0.25, 0.3) is 10.8 Å². The number of nitrogens with zero attached hydrogens (tertiary/aromatic N) is 1. The number of aromatic nitrogens is 1. The molecule has 100 valence electrons. The van der Waals surface area contributed by atoms with E-state index in [9.17, 15) is 9.90 Å².